The number of carbonyl (C=O) groups excluding carboxylic acids is 1. The summed E-state index contributed by atoms with van der Waals surface area (Å²) >= 11 is 12.0. The Kier molecular flexibility index (Phi) is 5.84. The van der Waals surface area contributed by atoms with E-state index in [0.29, 0.717) is 28.8 Å². The van der Waals surface area contributed by atoms with Crippen LogP contribution in [-0.2, 0) is 6.54 Å². The first-order valence-electron chi connectivity index (χ1n) is 8.30. The number of hydrogen-bond acceptors (Lipinski definition) is 2. The van der Waals surface area contributed by atoms with E-state index < -0.39 is 0 Å². The van der Waals surface area contributed by atoms with E-state index >= 15 is 0 Å². The smallest absolute Gasteiger partial charge is 0.321 e. The molecule has 132 valence electrons. The van der Waals surface area contributed by atoms with Crippen molar-refractivity contribution in [1.29, 1.82) is 0 Å². The minimum absolute atomic E-state index is 0.126. The van der Waals surface area contributed by atoms with E-state index in [4.69, 9.17) is 23.2 Å². The highest BCUT2D eigenvalue weighted by Gasteiger charge is 2.21. The number of benzene rings is 2. The van der Waals surface area contributed by atoms with E-state index in [-0.39, 0.29) is 6.03 Å². The zero-order valence-corrected chi connectivity index (χ0v) is 15.6. The fourth-order valence-electron chi connectivity index (χ4n) is 2.85. The van der Waals surface area contributed by atoms with E-state index in [1.807, 2.05) is 4.90 Å². The average Bonchev–Trinajstić information content (AvgIpc) is 2.60. The molecule has 2 aromatic rings. The molecule has 0 bridgehead atoms. The van der Waals surface area contributed by atoms with Gasteiger partial charge in [0.05, 0.1) is 10.7 Å². The van der Waals surface area contributed by atoms with Gasteiger partial charge in [0.2, 0.25) is 0 Å². The van der Waals surface area contributed by atoms with E-state index in [1.54, 1.807) is 18.2 Å². The monoisotopic (exact) mass is 377 g/mol. The van der Waals surface area contributed by atoms with Crippen LogP contribution in [0.25, 0.3) is 0 Å². The SMILES string of the molecule is Cc1ccc(CN2CCN(C(=O)Nc3ccc(Cl)cc3Cl)CC2)cc1. The van der Waals surface area contributed by atoms with Crippen molar-refractivity contribution in [2.24, 2.45) is 0 Å². The third kappa shape index (κ3) is 4.88. The Morgan fingerprint density at radius 3 is 2.36 bits per heavy atom. The van der Waals surface area contributed by atoms with Gasteiger partial charge < -0.3 is 10.2 Å². The van der Waals surface area contributed by atoms with Crippen molar-refractivity contribution < 1.29 is 4.79 Å². The fourth-order valence-corrected chi connectivity index (χ4v) is 3.30. The molecule has 1 saturated heterocycles. The van der Waals surface area contributed by atoms with Crippen molar-refractivity contribution in [1.82, 2.24) is 9.80 Å². The van der Waals surface area contributed by atoms with Crippen LogP contribution in [0.1, 0.15) is 11.1 Å². The standard InChI is InChI=1S/C19H21Cl2N3O/c1-14-2-4-15(5-3-14)13-23-8-10-24(11-9-23)19(25)22-18-7-6-16(20)12-17(18)21/h2-7,12H,8-11,13H2,1H3,(H,22,25). The van der Waals surface area contributed by atoms with E-state index in [9.17, 15) is 4.79 Å². The number of urea groups is 1. The number of carbonyl (C=O) groups is 1. The highest BCUT2D eigenvalue weighted by Crippen LogP contribution is 2.25. The molecule has 2 aromatic carbocycles. The maximum atomic E-state index is 12.4. The van der Waals surface area contributed by atoms with E-state index in [0.717, 1.165) is 19.6 Å². The summed E-state index contributed by atoms with van der Waals surface area (Å²) in [4.78, 5) is 16.6. The number of nitrogens with zero attached hydrogens (tertiary/aromatic N) is 2. The predicted molar refractivity (Wildman–Crippen MR) is 104 cm³/mol. The molecule has 1 N–H and O–H groups in total. The lowest BCUT2D eigenvalue weighted by molar-refractivity contribution is 0.143. The van der Waals surface area contributed by atoms with Gasteiger partial charge in [-0.25, -0.2) is 4.79 Å². The molecule has 0 saturated carbocycles. The summed E-state index contributed by atoms with van der Waals surface area (Å²) in [5.41, 5.74) is 3.15. The second kappa shape index (κ2) is 8.09. The average molecular weight is 378 g/mol. The first-order valence-corrected chi connectivity index (χ1v) is 9.06. The normalized spacial score (nSPS) is 15.2. The predicted octanol–water partition coefficient (Wildman–Crippen LogP) is 4.65. The number of nitrogens with one attached hydrogen (secondary N) is 1. The van der Waals surface area contributed by atoms with Crippen molar-refractivity contribution in [2.45, 2.75) is 13.5 Å². The molecule has 0 aliphatic carbocycles. The third-order valence-corrected chi connectivity index (χ3v) is 4.91. The Morgan fingerprint density at radius 2 is 1.72 bits per heavy atom. The van der Waals surface area contributed by atoms with Crippen LogP contribution in [0.3, 0.4) is 0 Å². The fraction of sp³-hybridized carbons (Fsp3) is 0.316. The van der Waals surface area contributed by atoms with Gasteiger partial charge in [0.15, 0.2) is 0 Å². The molecule has 0 atom stereocenters. The van der Waals surface area contributed by atoms with Crippen LogP contribution in [0, 0.1) is 6.92 Å². The highest BCUT2D eigenvalue weighted by molar-refractivity contribution is 6.36. The number of rotatable bonds is 3. The summed E-state index contributed by atoms with van der Waals surface area (Å²) in [6, 6.07) is 13.5. The van der Waals surface area contributed by atoms with Crippen LogP contribution in [0.2, 0.25) is 10.0 Å². The molecule has 6 heteroatoms. The second-order valence-electron chi connectivity index (χ2n) is 6.30. The summed E-state index contributed by atoms with van der Waals surface area (Å²) in [6.07, 6.45) is 0. The van der Waals surface area contributed by atoms with Gasteiger partial charge in [-0.1, -0.05) is 53.0 Å². The molecule has 1 heterocycles. The molecule has 1 aliphatic rings. The number of anilines is 1. The summed E-state index contributed by atoms with van der Waals surface area (Å²) in [5, 5.41) is 3.85. The zero-order valence-electron chi connectivity index (χ0n) is 14.1. The Hall–Kier alpha value is -1.75. The van der Waals surface area contributed by atoms with Gasteiger partial charge >= 0.3 is 6.03 Å². The highest BCUT2D eigenvalue weighted by atomic mass is 35.5. The van der Waals surface area contributed by atoms with Crippen molar-refractivity contribution in [3.63, 3.8) is 0 Å². The molecule has 1 fully saturated rings. The third-order valence-electron chi connectivity index (χ3n) is 4.36. The van der Waals surface area contributed by atoms with Crippen LogP contribution in [0.5, 0.6) is 0 Å². The molecule has 0 spiro atoms. The van der Waals surface area contributed by atoms with E-state index in [2.05, 4.69) is 41.4 Å². The molecule has 1 aliphatic heterocycles. The van der Waals surface area contributed by atoms with Crippen LogP contribution in [-0.4, -0.2) is 42.0 Å². The van der Waals surface area contributed by atoms with Crippen LogP contribution in [0.4, 0.5) is 10.5 Å². The lowest BCUT2D eigenvalue weighted by atomic mass is 10.1. The van der Waals surface area contributed by atoms with Gasteiger partial charge in [0, 0.05) is 37.7 Å². The van der Waals surface area contributed by atoms with Gasteiger partial charge in [0.25, 0.3) is 0 Å². The van der Waals surface area contributed by atoms with E-state index in [1.165, 1.54) is 11.1 Å². The largest absolute Gasteiger partial charge is 0.322 e. The zero-order chi connectivity index (χ0) is 17.8. The molecule has 0 unspecified atom stereocenters. The van der Waals surface area contributed by atoms with Gasteiger partial charge in [-0.3, -0.25) is 4.90 Å². The lowest BCUT2D eigenvalue weighted by Crippen LogP contribution is -2.49. The Bertz CT molecular complexity index is 741. The quantitative estimate of drug-likeness (QED) is 0.844. The summed E-state index contributed by atoms with van der Waals surface area (Å²) < 4.78 is 0. The minimum atomic E-state index is -0.126. The maximum Gasteiger partial charge on any atom is 0.321 e. The number of piperazine rings is 1. The molecule has 3 rings (SSSR count). The molecule has 0 radical (unpaired) electrons. The number of aryl methyl sites for hydroxylation is 1. The van der Waals surface area contributed by atoms with Crippen LogP contribution < -0.4 is 5.32 Å². The van der Waals surface area contributed by atoms with Gasteiger partial charge in [-0.2, -0.15) is 0 Å². The van der Waals surface area contributed by atoms with Gasteiger partial charge in [-0.05, 0) is 30.7 Å². The Morgan fingerprint density at radius 1 is 1.04 bits per heavy atom. The number of hydrogen-bond donors (Lipinski definition) is 1. The molecule has 25 heavy (non-hydrogen) atoms. The summed E-state index contributed by atoms with van der Waals surface area (Å²) in [5.74, 6) is 0. The summed E-state index contributed by atoms with van der Waals surface area (Å²) in [6.45, 7) is 6.12. The first-order chi connectivity index (χ1) is 12.0. The first kappa shape index (κ1) is 18.1. The molecular weight excluding hydrogens is 357 g/mol. The number of halogens is 2. The maximum absolute atomic E-state index is 12.4. The summed E-state index contributed by atoms with van der Waals surface area (Å²) in [7, 11) is 0. The second-order valence-corrected chi connectivity index (χ2v) is 7.15. The minimum Gasteiger partial charge on any atom is -0.322 e. The van der Waals surface area contributed by atoms with Crippen molar-refractivity contribution in [3.05, 3.63) is 63.6 Å². The number of amides is 2. The van der Waals surface area contributed by atoms with Crippen molar-refractivity contribution in [3.8, 4) is 0 Å². The Balaban J connectivity index is 1.51. The van der Waals surface area contributed by atoms with Gasteiger partial charge in [-0.15, -0.1) is 0 Å². The molecule has 0 aromatic heterocycles. The lowest BCUT2D eigenvalue weighted by Gasteiger charge is -2.34. The van der Waals surface area contributed by atoms with Crippen molar-refractivity contribution in [2.75, 3.05) is 31.5 Å². The van der Waals surface area contributed by atoms with Gasteiger partial charge in [0.1, 0.15) is 0 Å². The molecular formula is C19H21Cl2N3O. The molecule has 2 amide bonds. The van der Waals surface area contributed by atoms with Crippen molar-refractivity contribution >= 4 is 34.9 Å². The van der Waals surface area contributed by atoms with Crippen LogP contribution >= 0.6 is 23.2 Å². The van der Waals surface area contributed by atoms with Crippen LogP contribution in [0.15, 0.2) is 42.5 Å². The Labute approximate surface area is 158 Å². The molecule has 4 nitrogen and oxygen atoms in total. The topological polar surface area (TPSA) is 35.6 Å².